The lowest BCUT2D eigenvalue weighted by molar-refractivity contribution is 0.0709. The molecular formula is C23H34ClN5O2. The molecule has 2 aromatic heterocycles. The Hall–Kier alpha value is -1.67. The Balaban J connectivity index is 1.47. The van der Waals surface area contributed by atoms with Gasteiger partial charge in [-0.3, -0.25) is 9.69 Å². The van der Waals surface area contributed by atoms with Crippen LogP contribution in [0.25, 0.3) is 5.65 Å². The number of carbonyl (C=O) groups is 1. The fourth-order valence-corrected chi connectivity index (χ4v) is 4.85. The molecular weight excluding hydrogens is 414 g/mol. The molecule has 4 heterocycles. The van der Waals surface area contributed by atoms with Gasteiger partial charge in [-0.15, -0.1) is 0 Å². The topological polar surface area (TPSA) is 73.1 Å². The fourth-order valence-electron chi connectivity index (χ4n) is 4.69. The highest BCUT2D eigenvalue weighted by molar-refractivity contribution is 6.30. The van der Waals surface area contributed by atoms with E-state index in [1.165, 1.54) is 19.3 Å². The Morgan fingerprint density at radius 3 is 2.68 bits per heavy atom. The molecule has 1 amide bonds. The van der Waals surface area contributed by atoms with Crippen LogP contribution in [0.2, 0.25) is 5.02 Å². The van der Waals surface area contributed by atoms with Crippen LogP contribution in [0.3, 0.4) is 0 Å². The number of halogens is 1. The highest BCUT2D eigenvalue weighted by atomic mass is 35.5. The van der Waals surface area contributed by atoms with E-state index in [2.05, 4.69) is 10.2 Å². The van der Waals surface area contributed by atoms with E-state index in [1.807, 2.05) is 27.6 Å². The summed E-state index contributed by atoms with van der Waals surface area (Å²) in [5.41, 5.74) is 2.14. The van der Waals surface area contributed by atoms with Gasteiger partial charge in [0.15, 0.2) is 5.69 Å². The molecule has 2 aromatic rings. The number of hydrogen-bond acceptors (Lipinski definition) is 5. The van der Waals surface area contributed by atoms with Gasteiger partial charge < -0.3 is 19.7 Å². The summed E-state index contributed by atoms with van der Waals surface area (Å²) in [5.74, 6) is 0.0256. The number of imidazole rings is 1. The van der Waals surface area contributed by atoms with Crippen LogP contribution in [0.5, 0.6) is 0 Å². The molecule has 0 spiro atoms. The van der Waals surface area contributed by atoms with E-state index < -0.39 is 0 Å². The Kier molecular flexibility index (Phi) is 7.82. The van der Waals surface area contributed by atoms with Crippen molar-refractivity contribution in [3.05, 3.63) is 34.7 Å². The first kappa shape index (κ1) is 22.5. The van der Waals surface area contributed by atoms with Gasteiger partial charge >= 0.3 is 0 Å². The van der Waals surface area contributed by atoms with Crippen LogP contribution in [0.15, 0.2) is 18.3 Å². The standard InChI is InChI=1S/C23H34ClN5O2/c24-18-8-9-21-26-22(23(31)28-12-4-2-1-3-5-13-28)20(29(21)16-18)15-25-10-14-27-11-6-7-19(30)17-27/h8-9,16,19,25,30H,1-7,10-15,17H2. The number of nitrogens with one attached hydrogen (secondary N) is 1. The van der Waals surface area contributed by atoms with E-state index in [0.717, 1.165) is 76.3 Å². The van der Waals surface area contributed by atoms with Crippen LogP contribution >= 0.6 is 11.6 Å². The summed E-state index contributed by atoms with van der Waals surface area (Å²) in [6.07, 6.45) is 9.31. The maximum absolute atomic E-state index is 13.4. The number of aliphatic hydroxyl groups excluding tert-OH is 1. The molecule has 2 aliphatic rings. The summed E-state index contributed by atoms with van der Waals surface area (Å²) in [7, 11) is 0. The first-order valence-electron chi connectivity index (χ1n) is 11.7. The van der Waals surface area contributed by atoms with E-state index in [4.69, 9.17) is 16.6 Å². The molecule has 1 atom stereocenters. The largest absolute Gasteiger partial charge is 0.392 e. The second-order valence-electron chi connectivity index (χ2n) is 8.82. The molecule has 0 aliphatic carbocycles. The van der Waals surface area contributed by atoms with Crippen molar-refractivity contribution in [2.45, 2.75) is 57.6 Å². The van der Waals surface area contributed by atoms with Crippen molar-refractivity contribution >= 4 is 23.2 Å². The normalized spacial score (nSPS) is 21.2. The number of nitrogens with zero attached hydrogens (tertiary/aromatic N) is 4. The minimum absolute atomic E-state index is 0.0256. The lowest BCUT2D eigenvalue weighted by Gasteiger charge is -2.29. The van der Waals surface area contributed by atoms with E-state index >= 15 is 0 Å². The number of piperidine rings is 1. The summed E-state index contributed by atoms with van der Waals surface area (Å²) in [6, 6.07) is 3.68. The van der Waals surface area contributed by atoms with E-state index in [9.17, 15) is 9.90 Å². The summed E-state index contributed by atoms with van der Waals surface area (Å²) >= 11 is 6.25. The maximum atomic E-state index is 13.4. The van der Waals surface area contributed by atoms with Crippen LogP contribution in [-0.4, -0.2) is 75.6 Å². The van der Waals surface area contributed by atoms with Crippen LogP contribution < -0.4 is 5.32 Å². The average Bonchev–Trinajstić information content (AvgIpc) is 3.08. The zero-order valence-electron chi connectivity index (χ0n) is 18.2. The monoisotopic (exact) mass is 447 g/mol. The highest BCUT2D eigenvalue weighted by Gasteiger charge is 2.24. The van der Waals surface area contributed by atoms with Crippen LogP contribution in [0, 0.1) is 0 Å². The third-order valence-electron chi connectivity index (χ3n) is 6.41. The van der Waals surface area contributed by atoms with Gasteiger partial charge in [-0.25, -0.2) is 4.98 Å². The second-order valence-corrected chi connectivity index (χ2v) is 9.25. The van der Waals surface area contributed by atoms with Gasteiger partial charge in [0.25, 0.3) is 5.91 Å². The highest BCUT2D eigenvalue weighted by Crippen LogP contribution is 2.20. The number of fused-ring (bicyclic) bond motifs is 1. The number of aromatic nitrogens is 2. The maximum Gasteiger partial charge on any atom is 0.274 e. The van der Waals surface area contributed by atoms with Crippen molar-refractivity contribution in [3.63, 3.8) is 0 Å². The average molecular weight is 448 g/mol. The lowest BCUT2D eigenvalue weighted by Crippen LogP contribution is -2.41. The van der Waals surface area contributed by atoms with Crippen LogP contribution in [0.1, 0.15) is 61.1 Å². The minimum atomic E-state index is -0.211. The van der Waals surface area contributed by atoms with Crippen molar-refractivity contribution in [1.82, 2.24) is 24.5 Å². The first-order valence-corrected chi connectivity index (χ1v) is 12.1. The predicted octanol–water partition coefficient (Wildman–Crippen LogP) is 2.94. The Morgan fingerprint density at radius 1 is 1.13 bits per heavy atom. The SMILES string of the molecule is O=C(c1nc2ccc(Cl)cn2c1CNCCN1CCCC(O)C1)N1CCCCCCC1. The summed E-state index contributed by atoms with van der Waals surface area (Å²) in [6.45, 7) is 5.60. The number of pyridine rings is 1. The summed E-state index contributed by atoms with van der Waals surface area (Å²) in [5, 5.41) is 14.0. The zero-order chi connectivity index (χ0) is 21.6. The molecule has 2 N–H and O–H groups in total. The number of amides is 1. The third kappa shape index (κ3) is 5.77. The number of rotatable bonds is 6. The Labute approximate surface area is 189 Å². The van der Waals surface area contributed by atoms with Crippen molar-refractivity contribution < 1.29 is 9.90 Å². The van der Waals surface area contributed by atoms with Crippen molar-refractivity contribution in [3.8, 4) is 0 Å². The summed E-state index contributed by atoms with van der Waals surface area (Å²) in [4.78, 5) is 22.4. The quantitative estimate of drug-likeness (QED) is 0.666. The zero-order valence-corrected chi connectivity index (χ0v) is 19.0. The predicted molar refractivity (Wildman–Crippen MR) is 123 cm³/mol. The molecule has 2 saturated heterocycles. The van der Waals surface area contributed by atoms with Gasteiger partial charge in [-0.05, 0) is 44.4 Å². The van der Waals surface area contributed by atoms with Crippen molar-refractivity contribution in [2.24, 2.45) is 0 Å². The molecule has 170 valence electrons. The van der Waals surface area contributed by atoms with Crippen LogP contribution in [-0.2, 0) is 6.54 Å². The number of β-amino-alcohol motifs (C(OH)–C–C–N with tert-alkyl or cyclic N) is 1. The third-order valence-corrected chi connectivity index (χ3v) is 6.63. The number of hydrogen-bond donors (Lipinski definition) is 2. The smallest absolute Gasteiger partial charge is 0.274 e. The van der Waals surface area contributed by atoms with Gasteiger partial charge in [0.1, 0.15) is 5.65 Å². The van der Waals surface area contributed by atoms with E-state index in [0.29, 0.717) is 17.3 Å². The molecule has 2 fully saturated rings. The first-order chi connectivity index (χ1) is 15.1. The molecule has 7 nitrogen and oxygen atoms in total. The number of likely N-dealkylation sites (tertiary alicyclic amines) is 2. The van der Waals surface area contributed by atoms with E-state index in [1.54, 1.807) is 0 Å². The molecule has 8 heteroatoms. The molecule has 0 saturated carbocycles. The van der Waals surface area contributed by atoms with Gasteiger partial charge in [0.05, 0.1) is 16.8 Å². The number of carbonyl (C=O) groups excluding carboxylic acids is 1. The summed E-state index contributed by atoms with van der Waals surface area (Å²) < 4.78 is 1.94. The fraction of sp³-hybridized carbons (Fsp3) is 0.652. The molecule has 0 aromatic carbocycles. The van der Waals surface area contributed by atoms with Crippen molar-refractivity contribution in [1.29, 1.82) is 0 Å². The lowest BCUT2D eigenvalue weighted by atomic mass is 10.1. The molecule has 2 aliphatic heterocycles. The van der Waals surface area contributed by atoms with Gasteiger partial charge in [-0.2, -0.15) is 0 Å². The molecule has 31 heavy (non-hydrogen) atoms. The molecule has 0 bridgehead atoms. The van der Waals surface area contributed by atoms with E-state index in [-0.39, 0.29) is 12.0 Å². The molecule has 0 radical (unpaired) electrons. The second kappa shape index (κ2) is 10.8. The van der Waals surface area contributed by atoms with Crippen LogP contribution in [0.4, 0.5) is 0 Å². The Morgan fingerprint density at radius 2 is 1.90 bits per heavy atom. The minimum Gasteiger partial charge on any atom is -0.392 e. The van der Waals surface area contributed by atoms with Gasteiger partial charge in [0.2, 0.25) is 0 Å². The number of aliphatic hydroxyl groups is 1. The molecule has 4 rings (SSSR count). The Bertz CT molecular complexity index is 878. The molecule has 1 unspecified atom stereocenters. The van der Waals surface area contributed by atoms with Gasteiger partial charge in [0, 0.05) is 45.5 Å². The van der Waals surface area contributed by atoms with Gasteiger partial charge in [-0.1, -0.05) is 30.9 Å². The van der Waals surface area contributed by atoms with Crippen molar-refractivity contribution in [2.75, 3.05) is 39.3 Å².